The van der Waals surface area contributed by atoms with Crippen LogP contribution in [0, 0.1) is 19.3 Å². The van der Waals surface area contributed by atoms with Gasteiger partial charge in [0.05, 0.1) is 12.7 Å². The van der Waals surface area contributed by atoms with E-state index in [4.69, 9.17) is 14.6 Å². The normalized spacial score (nSPS) is 10.7. The van der Waals surface area contributed by atoms with Crippen LogP contribution in [0.5, 0.6) is 5.75 Å². The molecule has 2 aromatic heterocycles. The van der Waals surface area contributed by atoms with Gasteiger partial charge in [-0.25, -0.2) is 4.79 Å². The molecule has 7 nitrogen and oxygen atoms in total. The summed E-state index contributed by atoms with van der Waals surface area (Å²) in [6.07, 6.45) is 0. The molecular weight excluding hydrogens is 356 g/mol. The third kappa shape index (κ3) is 2.95. The summed E-state index contributed by atoms with van der Waals surface area (Å²) < 4.78 is 10.1. The van der Waals surface area contributed by atoms with Crippen LogP contribution >= 0.6 is 11.3 Å². The van der Waals surface area contributed by atoms with Gasteiger partial charge in [-0.15, -0.1) is 11.3 Å². The first-order valence-corrected chi connectivity index (χ1v) is 8.45. The van der Waals surface area contributed by atoms with Gasteiger partial charge in [0.25, 0.3) is 5.91 Å². The first-order valence-electron chi connectivity index (χ1n) is 7.63. The maximum absolute atomic E-state index is 12.6. The van der Waals surface area contributed by atoms with Crippen molar-refractivity contribution in [2.24, 2.45) is 0 Å². The smallest absolute Gasteiger partial charge is 0.341 e. The molecule has 3 aromatic rings. The fourth-order valence-electron chi connectivity index (χ4n) is 2.55. The van der Waals surface area contributed by atoms with Crippen molar-refractivity contribution in [3.63, 3.8) is 0 Å². The summed E-state index contributed by atoms with van der Waals surface area (Å²) in [6.45, 7) is 3.62. The molecule has 0 atom stereocenters. The van der Waals surface area contributed by atoms with Crippen LogP contribution in [-0.4, -0.2) is 24.1 Å². The predicted octanol–water partition coefficient (Wildman–Crippen LogP) is 3.34. The van der Waals surface area contributed by atoms with Crippen molar-refractivity contribution in [1.82, 2.24) is 0 Å². The largest absolute Gasteiger partial charge is 0.504 e. The number of thiophene rings is 1. The SMILES string of the molecule is COC(=O)c1c(NC(=O)c2cc3cccc(O)c3oc2=N)sc(C)c1C. The number of para-hydroxylation sites is 1. The van der Waals surface area contributed by atoms with E-state index in [2.05, 4.69) is 5.32 Å². The standard InChI is InChI=1S/C18H16N2O5S/c1-8-9(2)26-17(13(8)18(23)24-3)20-16(22)11-7-10-5-4-6-12(21)14(10)25-15(11)19/h4-7,19,21H,1-3H3,(H,20,22). The molecule has 3 rings (SSSR count). The molecule has 0 aliphatic carbocycles. The highest BCUT2D eigenvalue weighted by molar-refractivity contribution is 7.16. The second-order valence-electron chi connectivity index (χ2n) is 5.62. The zero-order valence-electron chi connectivity index (χ0n) is 14.3. The number of hydrogen-bond donors (Lipinski definition) is 3. The monoisotopic (exact) mass is 372 g/mol. The van der Waals surface area contributed by atoms with Crippen LogP contribution < -0.4 is 10.9 Å². The Morgan fingerprint density at radius 2 is 2.04 bits per heavy atom. The van der Waals surface area contributed by atoms with Crippen molar-refractivity contribution in [2.45, 2.75) is 13.8 Å². The van der Waals surface area contributed by atoms with E-state index in [1.165, 1.54) is 30.6 Å². The number of anilines is 1. The summed E-state index contributed by atoms with van der Waals surface area (Å²) in [5, 5.41) is 21.2. The van der Waals surface area contributed by atoms with E-state index < -0.39 is 11.9 Å². The Labute approximate surface area is 152 Å². The number of methoxy groups -OCH3 is 1. The molecule has 0 aliphatic rings. The molecule has 1 aromatic carbocycles. The van der Waals surface area contributed by atoms with Gasteiger partial charge in [-0.1, -0.05) is 12.1 Å². The predicted molar refractivity (Wildman–Crippen MR) is 96.8 cm³/mol. The first kappa shape index (κ1) is 17.7. The number of phenols is 1. The van der Waals surface area contributed by atoms with Crippen molar-refractivity contribution in [3.8, 4) is 5.75 Å². The number of phenolic OH excluding ortho intramolecular Hbond substituents is 1. The lowest BCUT2D eigenvalue weighted by Crippen LogP contribution is -2.21. The third-order valence-electron chi connectivity index (χ3n) is 4.02. The average molecular weight is 372 g/mol. The van der Waals surface area contributed by atoms with E-state index in [9.17, 15) is 14.7 Å². The lowest BCUT2D eigenvalue weighted by atomic mass is 10.1. The Morgan fingerprint density at radius 3 is 2.73 bits per heavy atom. The second-order valence-corrected chi connectivity index (χ2v) is 6.84. The van der Waals surface area contributed by atoms with Crippen molar-refractivity contribution < 1.29 is 23.8 Å². The number of nitrogens with one attached hydrogen (secondary N) is 2. The molecule has 0 unspecified atom stereocenters. The number of aromatic hydroxyl groups is 1. The van der Waals surface area contributed by atoms with Gasteiger partial charge in [0, 0.05) is 10.3 Å². The van der Waals surface area contributed by atoms with Crippen molar-refractivity contribution in [2.75, 3.05) is 12.4 Å². The molecule has 8 heteroatoms. The van der Waals surface area contributed by atoms with Gasteiger partial charge in [-0.2, -0.15) is 0 Å². The van der Waals surface area contributed by atoms with E-state index >= 15 is 0 Å². The summed E-state index contributed by atoms with van der Waals surface area (Å²) in [5.41, 5.74) is 0.762. The number of hydrogen-bond acceptors (Lipinski definition) is 7. The Morgan fingerprint density at radius 1 is 1.31 bits per heavy atom. The molecule has 0 saturated carbocycles. The number of carbonyl (C=O) groups excluding carboxylic acids is 2. The molecule has 1 amide bonds. The fraction of sp³-hybridized carbons (Fsp3) is 0.167. The highest BCUT2D eigenvalue weighted by Crippen LogP contribution is 2.33. The van der Waals surface area contributed by atoms with Crippen LogP contribution in [0.25, 0.3) is 11.0 Å². The van der Waals surface area contributed by atoms with Gasteiger partial charge in [-0.3, -0.25) is 10.2 Å². The molecule has 0 fully saturated rings. The first-order chi connectivity index (χ1) is 12.3. The minimum absolute atomic E-state index is 0.0115. The van der Waals surface area contributed by atoms with Crippen LogP contribution in [0.15, 0.2) is 28.7 Å². The van der Waals surface area contributed by atoms with E-state index in [1.54, 1.807) is 19.1 Å². The van der Waals surface area contributed by atoms with Crippen LogP contribution in [0.2, 0.25) is 0 Å². The van der Waals surface area contributed by atoms with Gasteiger partial charge in [0.15, 0.2) is 11.3 Å². The Balaban J connectivity index is 2.03. The fourth-order valence-corrected chi connectivity index (χ4v) is 3.59. The minimum Gasteiger partial charge on any atom is -0.504 e. The lowest BCUT2D eigenvalue weighted by molar-refractivity contribution is 0.0601. The van der Waals surface area contributed by atoms with Crippen LogP contribution in [-0.2, 0) is 4.74 Å². The Bertz CT molecular complexity index is 1100. The summed E-state index contributed by atoms with van der Waals surface area (Å²) >= 11 is 1.25. The Kier molecular flexibility index (Phi) is 4.52. The van der Waals surface area contributed by atoms with Crippen LogP contribution in [0.4, 0.5) is 5.00 Å². The summed E-state index contributed by atoms with van der Waals surface area (Å²) in [4.78, 5) is 25.5. The van der Waals surface area contributed by atoms with Gasteiger partial charge >= 0.3 is 5.97 Å². The number of amides is 1. The van der Waals surface area contributed by atoms with E-state index in [-0.39, 0.29) is 22.5 Å². The zero-order valence-corrected chi connectivity index (χ0v) is 15.1. The van der Waals surface area contributed by atoms with Crippen LogP contribution in [0.3, 0.4) is 0 Å². The van der Waals surface area contributed by atoms with E-state index in [1.807, 2.05) is 6.92 Å². The number of benzene rings is 1. The number of aryl methyl sites for hydroxylation is 1. The average Bonchev–Trinajstić information content (AvgIpc) is 2.88. The molecular formula is C18H16N2O5S. The number of fused-ring (bicyclic) bond motifs is 1. The van der Waals surface area contributed by atoms with E-state index in [0.717, 1.165) is 10.4 Å². The molecule has 0 saturated heterocycles. The number of ether oxygens (including phenoxy) is 1. The summed E-state index contributed by atoms with van der Waals surface area (Å²) in [7, 11) is 1.27. The highest BCUT2D eigenvalue weighted by atomic mass is 32.1. The van der Waals surface area contributed by atoms with Gasteiger partial charge in [0.2, 0.25) is 5.55 Å². The second kappa shape index (κ2) is 6.64. The topological polar surface area (TPSA) is 113 Å². The maximum Gasteiger partial charge on any atom is 0.341 e. The highest BCUT2D eigenvalue weighted by Gasteiger charge is 2.23. The molecule has 26 heavy (non-hydrogen) atoms. The third-order valence-corrected chi connectivity index (χ3v) is 5.14. The van der Waals surface area contributed by atoms with Gasteiger partial charge in [0.1, 0.15) is 10.6 Å². The van der Waals surface area contributed by atoms with Crippen molar-refractivity contribution >= 4 is 39.2 Å². The molecule has 3 N–H and O–H groups in total. The quantitative estimate of drug-likeness (QED) is 0.610. The summed E-state index contributed by atoms with van der Waals surface area (Å²) in [6, 6.07) is 6.17. The number of carbonyl (C=O) groups is 2. The molecule has 0 aliphatic heterocycles. The molecule has 134 valence electrons. The molecule has 0 bridgehead atoms. The minimum atomic E-state index is -0.588. The molecule has 0 radical (unpaired) electrons. The summed E-state index contributed by atoms with van der Waals surface area (Å²) in [5.74, 6) is -1.24. The van der Waals surface area contributed by atoms with Crippen molar-refractivity contribution in [1.29, 1.82) is 5.41 Å². The Hall–Kier alpha value is -3.13. The molecule has 0 spiro atoms. The van der Waals surface area contributed by atoms with Crippen molar-refractivity contribution in [3.05, 3.63) is 51.4 Å². The zero-order chi connectivity index (χ0) is 19.0. The molecule has 2 heterocycles. The van der Waals surface area contributed by atoms with Crippen LogP contribution in [0.1, 0.15) is 31.2 Å². The van der Waals surface area contributed by atoms with Gasteiger partial charge in [-0.05, 0) is 31.5 Å². The number of rotatable bonds is 3. The lowest BCUT2D eigenvalue weighted by Gasteiger charge is -2.07. The van der Waals surface area contributed by atoms with Gasteiger partial charge < -0.3 is 19.6 Å². The van der Waals surface area contributed by atoms with E-state index in [0.29, 0.717) is 16.0 Å². The number of esters is 1. The maximum atomic E-state index is 12.6.